The van der Waals surface area contributed by atoms with Crippen LogP contribution in [0.1, 0.15) is 29.0 Å². The van der Waals surface area contributed by atoms with Crippen LogP contribution in [0.4, 0.5) is 4.39 Å². The lowest BCUT2D eigenvalue weighted by Crippen LogP contribution is -2.09. The molecule has 18 heavy (non-hydrogen) atoms. The molecule has 0 saturated heterocycles. The van der Waals surface area contributed by atoms with Crippen LogP contribution in [0.3, 0.4) is 0 Å². The van der Waals surface area contributed by atoms with E-state index in [2.05, 4.69) is 0 Å². The number of halogens is 1. The van der Waals surface area contributed by atoms with Crippen LogP contribution >= 0.6 is 11.3 Å². The number of ether oxygens (including phenoxy) is 1. The second-order valence-corrected chi connectivity index (χ2v) is 5.33. The average molecular weight is 265 g/mol. The Balaban J connectivity index is 2.23. The molecule has 2 nitrogen and oxygen atoms in total. The van der Waals surface area contributed by atoms with Gasteiger partial charge in [0.15, 0.2) is 0 Å². The minimum atomic E-state index is -0.251. The minimum absolute atomic E-state index is 0.245. The quantitative estimate of drug-likeness (QED) is 0.912. The van der Waals surface area contributed by atoms with Gasteiger partial charge in [0.25, 0.3) is 0 Å². The second-order valence-electron chi connectivity index (χ2n) is 4.30. The summed E-state index contributed by atoms with van der Waals surface area (Å²) in [6.45, 7) is 4.03. The zero-order chi connectivity index (χ0) is 13.1. The molecule has 4 heteroatoms. The van der Waals surface area contributed by atoms with Gasteiger partial charge in [-0.25, -0.2) is 4.39 Å². The van der Waals surface area contributed by atoms with Crippen LogP contribution in [-0.4, -0.2) is 0 Å². The third-order valence-corrected chi connectivity index (χ3v) is 3.58. The lowest BCUT2D eigenvalue weighted by molar-refractivity contribution is 0.304. The van der Waals surface area contributed by atoms with Crippen molar-refractivity contribution in [2.24, 2.45) is 5.73 Å². The first-order valence-electron chi connectivity index (χ1n) is 5.78. The summed E-state index contributed by atoms with van der Waals surface area (Å²) in [5.74, 6) is 0.420. The molecule has 0 unspecified atom stereocenters. The fourth-order valence-corrected chi connectivity index (χ4v) is 2.31. The molecular formula is C14H16FNOS. The fraction of sp³-hybridized carbons (Fsp3) is 0.286. The van der Waals surface area contributed by atoms with Crippen molar-refractivity contribution >= 4 is 11.3 Å². The maximum Gasteiger partial charge on any atom is 0.126 e. The van der Waals surface area contributed by atoms with E-state index < -0.39 is 0 Å². The number of aryl methyl sites for hydroxylation is 1. The summed E-state index contributed by atoms with van der Waals surface area (Å²) in [6.07, 6.45) is 0. The molecule has 1 atom stereocenters. The molecule has 0 aliphatic heterocycles. The first kappa shape index (κ1) is 13.1. The molecule has 0 fully saturated rings. The normalized spacial score (nSPS) is 12.4. The number of rotatable bonds is 4. The molecule has 1 aromatic heterocycles. The Kier molecular flexibility index (Phi) is 3.99. The molecule has 0 saturated carbocycles. The molecule has 2 aromatic rings. The number of nitrogens with two attached hydrogens (primary N) is 1. The van der Waals surface area contributed by atoms with E-state index in [-0.39, 0.29) is 11.9 Å². The summed E-state index contributed by atoms with van der Waals surface area (Å²) in [7, 11) is 0. The molecule has 1 heterocycles. The molecule has 0 amide bonds. The molecule has 96 valence electrons. The molecule has 2 N–H and O–H groups in total. The first-order valence-corrected chi connectivity index (χ1v) is 6.66. The van der Waals surface area contributed by atoms with Crippen molar-refractivity contribution in [3.8, 4) is 5.75 Å². The second kappa shape index (κ2) is 5.50. The Hall–Kier alpha value is -1.39. The summed E-state index contributed by atoms with van der Waals surface area (Å²) in [5, 5.41) is 2.00. The van der Waals surface area contributed by atoms with Crippen molar-refractivity contribution in [2.45, 2.75) is 26.5 Å². The number of hydrogen-bond donors (Lipinski definition) is 1. The van der Waals surface area contributed by atoms with Gasteiger partial charge in [0.2, 0.25) is 0 Å². The van der Waals surface area contributed by atoms with E-state index in [9.17, 15) is 4.39 Å². The van der Waals surface area contributed by atoms with Crippen LogP contribution in [0, 0.1) is 12.7 Å². The van der Waals surface area contributed by atoms with Gasteiger partial charge in [0.05, 0.1) is 0 Å². The molecule has 0 radical (unpaired) electrons. The Labute approximate surface area is 110 Å². The summed E-state index contributed by atoms with van der Waals surface area (Å²) >= 11 is 1.63. The molecule has 1 aromatic carbocycles. The summed E-state index contributed by atoms with van der Waals surface area (Å²) in [6, 6.07) is 6.91. The Morgan fingerprint density at radius 3 is 2.83 bits per heavy atom. The number of benzene rings is 1. The first-order chi connectivity index (χ1) is 8.58. The van der Waals surface area contributed by atoms with E-state index in [0.29, 0.717) is 23.5 Å². The Bertz CT molecular complexity index is 523. The van der Waals surface area contributed by atoms with E-state index in [1.165, 1.54) is 6.07 Å². The summed E-state index contributed by atoms with van der Waals surface area (Å²) in [5.41, 5.74) is 7.11. The highest BCUT2D eigenvalue weighted by molar-refractivity contribution is 7.09. The maximum absolute atomic E-state index is 13.5. The fourth-order valence-electron chi connectivity index (χ4n) is 1.69. The third kappa shape index (κ3) is 2.89. The van der Waals surface area contributed by atoms with E-state index in [4.69, 9.17) is 10.5 Å². The largest absolute Gasteiger partial charge is 0.488 e. The predicted molar refractivity (Wildman–Crippen MR) is 72.4 cm³/mol. The molecule has 0 aliphatic carbocycles. The van der Waals surface area contributed by atoms with Gasteiger partial charge in [-0.05, 0) is 43.0 Å². The molecule has 0 aliphatic rings. The maximum atomic E-state index is 13.5. The Morgan fingerprint density at radius 1 is 1.44 bits per heavy atom. The van der Waals surface area contributed by atoms with E-state index in [1.54, 1.807) is 24.3 Å². The highest BCUT2D eigenvalue weighted by Crippen LogP contribution is 2.28. The van der Waals surface area contributed by atoms with Gasteiger partial charge in [-0.15, -0.1) is 11.3 Å². The van der Waals surface area contributed by atoms with E-state index in [0.717, 1.165) is 4.88 Å². The summed E-state index contributed by atoms with van der Waals surface area (Å²) < 4.78 is 19.3. The topological polar surface area (TPSA) is 35.2 Å². The number of thiophene rings is 1. The zero-order valence-corrected chi connectivity index (χ0v) is 11.3. The smallest absolute Gasteiger partial charge is 0.126 e. The number of hydrogen-bond acceptors (Lipinski definition) is 3. The minimum Gasteiger partial charge on any atom is -0.488 e. The highest BCUT2D eigenvalue weighted by atomic mass is 32.1. The highest BCUT2D eigenvalue weighted by Gasteiger charge is 2.12. The van der Waals surface area contributed by atoms with Gasteiger partial charge < -0.3 is 10.5 Å². The van der Waals surface area contributed by atoms with Crippen molar-refractivity contribution < 1.29 is 9.13 Å². The van der Waals surface area contributed by atoms with E-state index in [1.807, 2.05) is 24.4 Å². The third-order valence-electron chi connectivity index (χ3n) is 2.73. The van der Waals surface area contributed by atoms with Crippen molar-refractivity contribution in [1.29, 1.82) is 0 Å². The Morgan fingerprint density at radius 2 is 2.22 bits per heavy atom. The van der Waals surface area contributed by atoms with Crippen LogP contribution < -0.4 is 10.5 Å². The molecule has 0 bridgehead atoms. The van der Waals surface area contributed by atoms with Crippen molar-refractivity contribution in [3.63, 3.8) is 0 Å². The van der Waals surface area contributed by atoms with Crippen molar-refractivity contribution in [2.75, 3.05) is 0 Å². The average Bonchev–Trinajstić information content (AvgIpc) is 2.83. The molecule has 0 spiro atoms. The van der Waals surface area contributed by atoms with Crippen molar-refractivity contribution in [1.82, 2.24) is 0 Å². The van der Waals surface area contributed by atoms with Gasteiger partial charge in [-0.1, -0.05) is 6.07 Å². The van der Waals surface area contributed by atoms with Gasteiger partial charge in [0, 0.05) is 16.5 Å². The van der Waals surface area contributed by atoms with Crippen LogP contribution in [0.25, 0.3) is 0 Å². The van der Waals surface area contributed by atoms with Crippen LogP contribution in [-0.2, 0) is 6.61 Å². The van der Waals surface area contributed by atoms with Gasteiger partial charge in [-0.2, -0.15) is 0 Å². The zero-order valence-electron chi connectivity index (χ0n) is 10.4. The van der Waals surface area contributed by atoms with Gasteiger partial charge in [0.1, 0.15) is 18.2 Å². The van der Waals surface area contributed by atoms with Crippen molar-refractivity contribution in [3.05, 3.63) is 51.5 Å². The molecule has 2 rings (SSSR count). The summed E-state index contributed by atoms with van der Waals surface area (Å²) in [4.78, 5) is 1.13. The van der Waals surface area contributed by atoms with Crippen LogP contribution in [0.5, 0.6) is 5.75 Å². The van der Waals surface area contributed by atoms with Crippen LogP contribution in [0.2, 0.25) is 0 Å². The lowest BCUT2D eigenvalue weighted by Gasteiger charge is -2.15. The monoisotopic (exact) mass is 265 g/mol. The predicted octanol–water partition coefficient (Wildman–Crippen LogP) is 3.79. The van der Waals surface area contributed by atoms with E-state index >= 15 is 0 Å². The standard InChI is InChI=1S/C14H16FNOS/c1-9-6-14(12(10(2)16)7-13(9)15)17-8-11-4-3-5-18-11/h3-7,10H,8,16H2,1-2H3/t10-/m1/s1. The molecular weight excluding hydrogens is 249 g/mol. The SMILES string of the molecule is Cc1cc(OCc2cccs2)c([C@@H](C)N)cc1F. The van der Waals surface area contributed by atoms with Crippen LogP contribution in [0.15, 0.2) is 29.6 Å². The van der Waals surface area contributed by atoms with Gasteiger partial charge in [-0.3, -0.25) is 0 Å². The van der Waals surface area contributed by atoms with Gasteiger partial charge >= 0.3 is 0 Å². The lowest BCUT2D eigenvalue weighted by atomic mass is 10.1.